The van der Waals surface area contributed by atoms with E-state index in [9.17, 15) is 14.0 Å². The van der Waals surface area contributed by atoms with E-state index in [1.54, 1.807) is 12.1 Å². The van der Waals surface area contributed by atoms with Gasteiger partial charge in [-0.1, -0.05) is 12.1 Å². The Labute approximate surface area is 109 Å². The van der Waals surface area contributed by atoms with E-state index < -0.39 is 23.6 Å². The SMILES string of the molecule is CC(NC(=O)NC1(c2ccc(F)cc2)CC1)C(=O)O. The Kier molecular flexibility index (Phi) is 3.42. The highest BCUT2D eigenvalue weighted by atomic mass is 19.1. The van der Waals surface area contributed by atoms with Gasteiger partial charge in [0.05, 0.1) is 5.54 Å². The lowest BCUT2D eigenvalue weighted by molar-refractivity contribution is -0.138. The number of hydrogen-bond acceptors (Lipinski definition) is 2. The molecule has 3 N–H and O–H groups in total. The number of carboxylic acid groups (broad SMARTS) is 1. The third-order valence-corrected chi connectivity index (χ3v) is 3.22. The lowest BCUT2D eigenvalue weighted by atomic mass is 10.1. The quantitative estimate of drug-likeness (QED) is 0.774. The molecule has 1 atom stereocenters. The van der Waals surface area contributed by atoms with Gasteiger partial charge >= 0.3 is 12.0 Å². The Morgan fingerprint density at radius 2 is 1.89 bits per heavy atom. The average Bonchev–Trinajstić information content (AvgIpc) is 3.10. The predicted molar refractivity (Wildman–Crippen MR) is 66.1 cm³/mol. The molecule has 0 aromatic heterocycles. The van der Waals surface area contributed by atoms with Gasteiger partial charge in [-0.15, -0.1) is 0 Å². The van der Waals surface area contributed by atoms with Gasteiger partial charge in [0.2, 0.25) is 0 Å². The van der Waals surface area contributed by atoms with Crippen molar-refractivity contribution < 1.29 is 19.1 Å². The number of carboxylic acids is 1. The summed E-state index contributed by atoms with van der Waals surface area (Å²) in [5.41, 5.74) is 0.336. The van der Waals surface area contributed by atoms with Crippen LogP contribution < -0.4 is 10.6 Å². The number of carbonyl (C=O) groups excluding carboxylic acids is 1. The highest BCUT2D eigenvalue weighted by Gasteiger charge is 2.45. The molecule has 2 rings (SSSR count). The molecule has 2 amide bonds. The van der Waals surface area contributed by atoms with Crippen LogP contribution in [0.1, 0.15) is 25.3 Å². The van der Waals surface area contributed by atoms with Gasteiger partial charge in [-0.2, -0.15) is 0 Å². The molecular weight excluding hydrogens is 251 g/mol. The number of nitrogens with one attached hydrogen (secondary N) is 2. The number of rotatable bonds is 4. The topological polar surface area (TPSA) is 78.4 Å². The van der Waals surface area contributed by atoms with E-state index in [0.717, 1.165) is 18.4 Å². The van der Waals surface area contributed by atoms with Crippen molar-refractivity contribution in [1.29, 1.82) is 0 Å². The molecule has 0 aliphatic heterocycles. The first-order chi connectivity index (χ1) is 8.93. The summed E-state index contributed by atoms with van der Waals surface area (Å²) in [7, 11) is 0. The Morgan fingerprint density at radius 3 is 2.37 bits per heavy atom. The summed E-state index contributed by atoms with van der Waals surface area (Å²) in [6.45, 7) is 1.39. The molecule has 1 fully saturated rings. The van der Waals surface area contributed by atoms with Crippen LogP contribution in [0.2, 0.25) is 0 Å². The van der Waals surface area contributed by atoms with Crippen molar-refractivity contribution in [3.8, 4) is 0 Å². The molecule has 1 aromatic rings. The Balaban J connectivity index is 2.00. The van der Waals surface area contributed by atoms with Gasteiger partial charge in [0.1, 0.15) is 11.9 Å². The first-order valence-electron chi connectivity index (χ1n) is 6.00. The largest absolute Gasteiger partial charge is 0.480 e. The molecule has 0 bridgehead atoms. The van der Waals surface area contributed by atoms with Crippen molar-refractivity contribution >= 4 is 12.0 Å². The van der Waals surface area contributed by atoms with E-state index in [2.05, 4.69) is 10.6 Å². The number of amides is 2. The summed E-state index contributed by atoms with van der Waals surface area (Å²) < 4.78 is 12.9. The molecule has 0 radical (unpaired) electrons. The molecule has 1 aliphatic rings. The monoisotopic (exact) mass is 266 g/mol. The van der Waals surface area contributed by atoms with Crippen LogP contribution in [0.3, 0.4) is 0 Å². The predicted octanol–water partition coefficient (Wildman–Crippen LogP) is 1.59. The van der Waals surface area contributed by atoms with Crippen LogP contribution in [0.25, 0.3) is 0 Å². The zero-order valence-electron chi connectivity index (χ0n) is 10.4. The van der Waals surface area contributed by atoms with Gasteiger partial charge in [0.25, 0.3) is 0 Å². The first kappa shape index (κ1) is 13.3. The van der Waals surface area contributed by atoms with Crippen LogP contribution in [-0.2, 0) is 10.3 Å². The number of carbonyl (C=O) groups is 2. The fraction of sp³-hybridized carbons (Fsp3) is 0.385. The number of aliphatic carboxylic acids is 1. The second kappa shape index (κ2) is 4.87. The van der Waals surface area contributed by atoms with Crippen LogP contribution in [0, 0.1) is 5.82 Å². The van der Waals surface area contributed by atoms with Gasteiger partial charge in [0.15, 0.2) is 0 Å². The second-order valence-electron chi connectivity index (χ2n) is 4.75. The molecule has 19 heavy (non-hydrogen) atoms. The van der Waals surface area contributed by atoms with Crippen LogP contribution >= 0.6 is 0 Å². The molecule has 6 heteroatoms. The van der Waals surface area contributed by atoms with E-state index in [0.29, 0.717) is 0 Å². The smallest absolute Gasteiger partial charge is 0.325 e. The molecular formula is C13H15FN2O3. The molecule has 0 saturated heterocycles. The number of benzene rings is 1. The summed E-state index contributed by atoms with van der Waals surface area (Å²) in [6, 6.07) is 4.46. The fourth-order valence-electron chi connectivity index (χ4n) is 1.89. The van der Waals surface area contributed by atoms with Gasteiger partial charge in [-0.3, -0.25) is 4.79 Å². The number of halogens is 1. The standard InChI is InChI=1S/C13H15FN2O3/c1-8(11(17)18)15-12(19)16-13(6-7-13)9-2-4-10(14)5-3-9/h2-5,8H,6-7H2,1H3,(H,17,18)(H2,15,16,19). The maximum atomic E-state index is 12.9. The van der Waals surface area contributed by atoms with E-state index in [1.807, 2.05) is 0 Å². The molecule has 1 aromatic carbocycles. The number of urea groups is 1. The molecule has 1 saturated carbocycles. The van der Waals surface area contributed by atoms with Crippen molar-refractivity contribution in [2.45, 2.75) is 31.3 Å². The van der Waals surface area contributed by atoms with Crippen molar-refractivity contribution in [3.63, 3.8) is 0 Å². The third kappa shape index (κ3) is 3.01. The van der Waals surface area contributed by atoms with E-state index in [-0.39, 0.29) is 5.82 Å². The minimum Gasteiger partial charge on any atom is -0.480 e. The van der Waals surface area contributed by atoms with Crippen molar-refractivity contribution in [2.24, 2.45) is 0 Å². The lowest BCUT2D eigenvalue weighted by Crippen LogP contribution is -2.47. The highest BCUT2D eigenvalue weighted by Crippen LogP contribution is 2.45. The van der Waals surface area contributed by atoms with Crippen LogP contribution in [-0.4, -0.2) is 23.1 Å². The summed E-state index contributed by atoms with van der Waals surface area (Å²) in [6.07, 6.45) is 1.51. The maximum Gasteiger partial charge on any atom is 0.325 e. The molecule has 5 nitrogen and oxygen atoms in total. The van der Waals surface area contributed by atoms with Gasteiger partial charge in [-0.05, 0) is 37.5 Å². The van der Waals surface area contributed by atoms with Gasteiger partial charge in [0, 0.05) is 0 Å². The molecule has 1 unspecified atom stereocenters. The normalized spacial score (nSPS) is 17.4. The molecule has 0 spiro atoms. The summed E-state index contributed by atoms with van der Waals surface area (Å²) in [4.78, 5) is 22.3. The second-order valence-corrected chi connectivity index (χ2v) is 4.75. The first-order valence-corrected chi connectivity index (χ1v) is 6.00. The minimum absolute atomic E-state index is 0.330. The summed E-state index contributed by atoms with van der Waals surface area (Å²) in [5, 5.41) is 13.8. The highest BCUT2D eigenvalue weighted by molar-refractivity contribution is 5.82. The molecule has 1 aliphatic carbocycles. The van der Waals surface area contributed by atoms with E-state index in [1.165, 1.54) is 19.1 Å². The summed E-state index contributed by atoms with van der Waals surface area (Å²) >= 11 is 0. The zero-order valence-corrected chi connectivity index (χ0v) is 10.4. The lowest BCUT2D eigenvalue weighted by Gasteiger charge is -2.19. The average molecular weight is 266 g/mol. The fourth-order valence-corrected chi connectivity index (χ4v) is 1.89. The van der Waals surface area contributed by atoms with Crippen molar-refractivity contribution in [2.75, 3.05) is 0 Å². The van der Waals surface area contributed by atoms with Crippen molar-refractivity contribution in [3.05, 3.63) is 35.6 Å². The third-order valence-electron chi connectivity index (χ3n) is 3.22. The van der Waals surface area contributed by atoms with Gasteiger partial charge in [-0.25, -0.2) is 9.18 Å². The minimum atomic E-state index is -1.10. The Hall–Kier alpha value is -2.11. The van der Waals surface area contributed by atoms with Crippen molar-refractivity contribution in [1.82, 2.24) is 10.6 Å². The van der Waals surface area contributed by atoms with E-state index in [4.69, 9.17) is 5.11 Å². The Bertz CT molecular complexity index is 497. The summed E-state index contributed by atoms with van der Waals surface area (Å²) in [5.74, 6) is -1.43. The van der Waals surface area contributed by atoms with Crippen LogP contribution in [0.4, 0.5) is 9.18 Å². The number of hydrogen-bond donors (Lipinski definition) is 3. The van der Waals surface area contributed by atoms with Crippen LogP contribution in [0.5, 0.6) is 0 Å². The maximum absolute atomic E-state index is 12.9. The van der Waals surface area contributed by atoms with Gasteiger partial charge < -0.3 is 15.7 Å². The molecule has 0 heterocycles. The zero-order chi connectivity index (χ0) is 14.0. The van der Waals surface area contributed by atoms with Crippen LogP contribution in [0.15, 0.2) is 24.3 Å². The van der Waals surface area contributed by atoms with E-state index >= 15 is 0 Å². The molecule has 102 valence electrons. The Morgan fingerprint density at radius 1 is 1.32 bits per heavy atom.